The highest BCUT2D eigenvalue weighted by atomic mass is 15.1. The summed E-state index contributed by atoms with van der Waals surface area (Å²) in [5.41, 5.74) is 8.42. The van der Waals surface area contributed by atoms with E-state index in [9.17, 15) is 0 Å². The zero-order valence-corrected chi connectivity index (χ0v) is 9.54. The lowest BCUT2D eigenvalue weighted by molar-refractivity contribution is 0.182. The van der Waals surface area contributed by atoms with Gasteiger partial charge in [0, 0.05) is 6.54 Å². The summed E-state index contributed by atoms with van der Waals surface area (Å²) in [6, 6.07) is 8.42. The van der Waals surface area contributed by atoms with Gasteiger partial charge in [0.25, 0.3) is 0 Å². The van der Waals surface area contributed by atoms with E-state index >= 15 is 0 Å². The summed E-state index contributed by atoms with van der Waals surface area (Å²) in [5, 5.41) is 0. The molecular weight excluding hydrogens is 172 g/mol. The van der Waals surface area contributed by atoms with E-state index in [0.29, 0.717) is 6.54 Å². The molecule has 1 aromatic carbocycles. The molecule has 0 saturated heterocycles. The number of nitrogens with zero attached hydrogens (tertiary/aromatic N) is 1. The van der Waals surface area contributed by atoms with Crippen molar-refractivity contribution in [2.75, 3.05) is 20.6 Å². The summed E-state index contributed by atoms with van der Waals surface area (Å²) in [4.78, 5) is 2.18. The van der Waals surface area contributed by atoms with Gasteiger partial charge < -0.3 is 5.73 Å². The van der Waals surface area contributed by atoms with Gasteiger partial charge in [0.05, 0.1) is 5.54 Å². The second kappa shape index (κ2) is 4.11. The molecule has 0 spiro atoms. The number of hydrogen-bond donors (Lipinski definition) is 1. The summed E-state index contributed by atoms with van der Waals surface area (Å²) in [6.07, 6.45) is 0. The Labute approximate surface area is 86.7 Å². The Kier molecular flexibility index (Phi) is 3.29. The number of benzene rings is 1. The fraction of sp³-hybridized carbons (Fsp3) is 0.500. The van der Waals surface area contributed by atoms with Gasteiger partial charge in [0.2, 0.25) is 0 Å². The van der Waals surface area contributed by atoms with Crippen molar-refractivity contribution in [3.8, 4) is 0 Å². The van der Waals surface area contributed by atoms with Crippen molar-refractivity contribution in [2.24, 2.45) is 5.73 Å². The van der Waals surface area contributed by atoms with E-state index in [2.05, 4.69) is 57.1 Å². The molecule has 0 heterocycles. The van der Waals surface area contributed by atoms with Crippen LogP contribution in [0.25, 0.3) is 0 Å². The number of nitrogens with two attached hydrogens (primary N) is 1. The molecular formula is C12H20N2. The van der Waals surface area contributed by atoms with E-state index in [4.69, 9.17) is 5.73 Å². The van der Waals surface area contributed by atoms with Crippen molar-refractivity contribution in [2.45, 2.75) is 19.4 Å². The lowest BCUT2D eigenvalue weighted by Gasteiger charge is -2.37. The maximum Gasteiger partial charge on any atom is 0.0552 e. The van der Waals surface area contributed by atoms with Crippen LogP contribution in [0.3, 0.4) is 0 Å². The molecule has 0 aliphatic carbocycles. The van der Waals surface area contributed by atoms with E-state index in [0.717, 1.165) is 0 Å². The molecule has 14 heavy (non-hydrogen) atoms. The van der Waals surface area contributed by atoms with Gasteiger partial charge in [-0.25, -0.2) is 0 Å². The molecule has 0 aliphatic heterocycles. The summed E-state index contributed by atoms with van der Waals surface area (Å²) < 4.78 is 0. The first-order valence-corrected chi connectivity index (χ1v) is 4.96. The van der Waals surface area contributed by atoms with Crippen LogP contribution in [0.1, 0.15) is 18.1 Å². The van der Waals surface area contributed by atoms with E-state index in [-0.39, 0.29) is 5.54 Å². The van der Waals surface area contributed by atoms with Crippen LogP contribution in [0.2, 0.25) is 0 Å². The fourth-order valence-corrected chi connectivity index (χ4v) is 1.71. The third kappa shape index (κ3) is 1.81. The second-order valence-electron chi connectivity index (χ2n) is 4.19. The van der Waals surface area contributed by atoms with E-state index in [1.807, 2.05) is 0 Å². The molecule has 1 unspecified atom stereocenters. The highest BCUT2D eigenvalue weighted by Crippen LogP contribution is 2.27. The maximum absolute atomic E-state index is 5.87. The van der Waals surface area contributed by atoms with Gasteiger partial charge in [0.15, 0.2) is 0 Å². The standard InChI is InChI=1S/C12H20N2/c1-10-7-5-6-8-11(10)12(2,9-13)14(3)4/h5-8H,9,13H2,1-4H3. The highest BCUT2D eigenvalue weighted by Gasteiger charge is 2.28. The van der Waals surface area contributed by atoms with Crippen LogP contribution >= 0.6 is 0 Å². The van der Waals surface area contributed by atoms with E-state index < -0.39 is 0 Å². The molecule has 0 fully saturated rings. The van der Waals surface area contributed by atoms with Gasteiger partial charge >= 0.3 is 0 Å². The minimum absolute atomic E-state index is 0.0641. The van der Waals surface area contributed by atoms with Crippen LogP contribution in [-0.4, -0.2) is 25.5 Å². The molecule has 1 atom stereocenters. The van der Waals surface area contributed by atoms with Crippen LogP contribution in [0.4, 0.5) is 0 Å². The molecule has 2 heteroatoms. The lowest BCUT2D eigenvalue weighted by atomic mass is 9.87. The fourth-order valence-electron chi connectivity index (χ4n) is 1.71. The molecule has 0 aromatic heterocycles. The van der Waals surface area contributed by atoms with Crippen molar-refractivity contribution in [3.63, 3.8) is 0 Å². The molecule has 0 bridgehead atoms. The second-order valence-corrected chi connectivity index (χ2v) is 4.19. The molecule has 1 aromatic rings. The molecule has 78 valence electrons. The molecule has 2 N–H and O–H groups in total. The smallest absolute Gasteiger partial charge is 0.0552 e. The van der Waals surface area contributed by atoms with Crippen LogP contribution in [-0.2, 0) is 5.54 Å². The topological polar surface area (TPSA) is 29.3 Å². The Bertz CT molecular complexity index is 307. The van der Waals surface area contributed by atoms with Crippen molar-refractivity contribution < 1.29 is 0 Å². The van der Waals surface area contributed by atoms with Crippen molar-refractivity contribution in [1.82, 2.24) is 4.90 Å². The first-order valence-electron chi connectivity index (χ1n) is 4.96. The SMILES string of the molecule is Cc1ccccc1C(C)(CN)N(C)C. The van der Waals surface area contributed by atoms with Gasteiger partial charge in [-0.3, -0.25) is 4.90 Å². The molecule has 0 radical (unpaired) electrons. The van der Waals surface area contributed by atoms with E-state index in [1.165, 1.54) is 11.1 Å². The van der Waals surface area contributed by atoms with Crippen LogP contribution in [0, 0.1) is 6.92 Å². The Hall–Kier alpha value is -0.860. The lowest BCUT2D eigenvalue weighted by Crippen LogP contribution is -2.45. The first kappa shape index (κ1) is 11.2. The highest BCUT2D eigenvalue weighted by molar-refractivity contribution is 5.32. The van der Waals surface area contributed by atoms with Crippen LogP contribution < -0.4 is 5.73 Å². The van der Waals surface area contributed by atoms with Gasteiger partial charge in [-0.15, -0.1) is 0 Å². The normalized spacial score (nSPS) is 15.6. The van der Waals surface area contributed by atoms with Crippen LogP contribution in [0.15, 0.2) is 24.3 Å². The van der Waals surface area contributed by atoms with Gasteiger partial charge in [-0.05, 0) is 39.1 Å². The molecule has 0 saturated carbocycles. The predicted octanol–water partition coefficient (Wildman–Crippen LogP) is 1.73. The quantitative estimate of drug-likeness (QED) is 0.790. The zero-order chi connectivity index (χ0) is 10.8. The molecule has 0 amide bonds. The summed E-state index contributed by atoms with van der Waals surface area (Å²) in [5.74, 6) is 0. The third-order valence-corrected chi connectivity index (χ3v) is 3.11. The predicted molar refractivity (Wildman–Crippen MR) is 61.3 cm³/mol. The van der Waals surface area contributed by atoms with Crippen molar-refractivity contribution >= 4 is 0 Å². The van der Waals surface area contributed by atoms with Crippen molar-refractivity contribution in [1.29, 1.82) is 0 Å². The van der Waals surface area contributed by atoms with Gasteiger partial charge in [0.1, 0.15) is 0 Å². The monoisotopic (exact) mass is 192 g/mol. The molecule has 2 nitrogen and oxygen atoms in total. The Balaban J connectivity index is 3.19. The molecule has 1 rings (SSSR count). The van der Waals surface area contributed by atoms with Crippen LogP contribution in [0.5, 0.6) is 0 Å². The molecule has 0 aliphatic rings. The number of likely N-dealkylation sites (N-methyl/N-ethyl adjacent to an activating group) is 1. The Morgan fingerprint density at radius 2 is 1.86 bits per heavy atom. The Morgan fingerprint density at radius 1 is 1.29 bits per heavy atom. The largest absolute Gasteiger partial charge is 0.328 e. The minimum Gasteiger partial charge on any atom is -0.328 e. The minimum atomic E-state index is -0.0641. The third-order valence-electron chi connectivity index (χ3n) is 3.11. The van der Waals surface area contributed by atoms with Gasteiger partial charge in [-0.1, -0.05) is 24.3 Å². The average molecular weight is 192 g/mol. The number of hydrogen-bond acceptors (Lipinski definition) is 2. The zero-order valence-electron chi connectivity index (χ0n) is 9.54. The summed E-state index contributed by atoms with van der Waals surface area (Å²) in [7, 11) is 4.14. The number of aryl methyl sites for hydroxylation is 1. The number of rotatable bonds is 3. The van der Waals surface area contributed by atoms with E-state index in [1.54, 1.807) is 0 Å². The Morgan fingerprint density at radius 3 is 2.29 bits per heavy atom. The average Bonchev–Trinajstić information content (AvgIpc) is 2.17. The maximum atomic E-state index is 5.87. The summed E-state index contributed by atoms with van der Waals surface area (Å²) >= 11 is 0. The summed E-state index contributed by atoms with van der Waals surface area (Å²) in [6.45, 7) is 4.94. The first-order chi connectivity index (χ1) is 6.52. The van der Waals surface area contributed by atoms with Crippen molar-refractivity contribution in [3.05, 3.63) is 35.4 Å². The van der Waals surface area contributed by atoms with Gasteiger partial charge in [-0.2, -0.15) is 0 Å².